The Hall–Kier alpha value is -2.56. The minimum Gasteiger partial charge on any atom is -0.338 e. The van der Waals surface area contributed by atoms with E-state index in [0.29, 0.717) is 33.3 Å². The predicted octanol–water partition coefficient (Wildman–Crippen LogP) is 6.24. The summed E-state index contributed by atoms with van der Waals surface area (Å²) in [6.45, 7) is 1.68. The molecule has 6 nitrogen and oxygen atoms in total. The Balaban J connectivity index is 1.82. The standard InChI is InChI=1S/C19H12Cl2F3N5OS/c1-10-25-16(30-28-10)9-31-18-27-26-17(11-3-2-4-12(20)7-11)29(18)13-5-6-15(21)14(8-13)19(22,23)24/h2-8H,9H2,1H3. The van der Waals surface area contributed by atoms with E-state index < -0.39 is 16.8 Å². The molecule has 160 valence electrons. The van der Waals surface area contributed by atoms with Crippen LogP contribution in [0.25, 0.3) is 17.1 Å². The molecule has 4 aromatic rings. The molecule has 31 heavy (non-hydrogen) atoms. The molecule has 0 aliphatic carbocycles. The average Bonchev–Trinajstić information content (AvgIpc) is 3.32. The zero-order valence-corrected chi connectivity index (χ0v) is 18.0. The number of hydrogen-bond donors (Lipinski definition) is 0. The van der Waals surface area contributed by atoms with Crippen LogP contribution in [0.1, 0.15) is 17.3 Å². The lowest BCUT2D eigenvalue weighted by Gasteiger charge is -2.14. The van der Waals surface area contributed by atoms with E-state index in [9.17, 15) is 13.2 Å². The molecule has 2 heterocycles. The highest BCUT2D eigenvalue weighted by Gasteiger charge is 2.34. The Morgan fingerprint density at radius 1 is 1.10 bits per heavy atom. The van der Waals surface area contributed by atoms with Gasteiger partial charge in [-0.1, -0.05) is 52.3 Å². The molecule has 0 radical (unpaired) electrons. The molecular formula is C19H12Cl2F3N5OS. The number of benzene rings is 2. The second-order valence-corrected chi connectivity index (χ2v) is 8.12. The lowest BCUT2D eigenvalue weighted by molar-refractivity contribution is -0.137. The van der Waals surface area contributed by atoms with Crippen molar-refractivity contribution in [2.45, 2.75) is 24.0 Å². The van der Waals surface area contributed by atoms with E-state index >= 15 is 0 Å². The average molecular weight is 486 g/mol. The van der Waals surface area contributed by atoms with Crippen LogP contribution in [0.3, 0.4) is 0 Å². The highest BCUT2D eigenvalue weighted by Crippen LogP contribution is 2.38. The van der Waals surface area contributed by atoms with Crippen molar-refractivity contribution in [2.24, 2.45) is 0 Å². The van der Waals surface area contributed by atoms with Crippen molar-refractivity contribution in [1.82, 2.24) is 24.9 Å². The molecule has 2 aromatic heterocycles. The minimum absolute atomic E-state index is 0.195. The summed E-state index contributed by atoms with van der Waals surface area (Å²) in [5.74, 6) is 1.41. The van der Waals surface area contributed by atoms with Crippen molar-refractivity contribution in [1.29, 1.82) is 0 Å². The van der Waals surface area contributed by atoms with Crippen molar-refractivity contribution in [3.05, 3.63) is 69.8 Å². The number of aromatic nitrogens is 5. The molecule has 4 rings (SSSR count). The fourth-order valence-electron chi connectivity index (χ4n) is 2.81. The van der Waals surface area contributed by atoms with Gasteiger partial charge in [-0.2, -0.15) is 18.2 Å². The van der Waals surface area contributed by atoms with Crippen LogP contribution >= 0.6 is 35.0 Å². The van der Waals surface area contributed by atoms with Crippen molar-refractivity contribution >= 4 is 35.0 Å². The summed E-state index contributed by atoms with van der Waals surface area (Å²) < 4.78 is 46.9. The molecule has 0 bridgehead atoms. The highest BCUT2D eigenvalue weighted by atomic mass is 35.5. The van der Waals surface area contributed by atoms with Gasteiger partial charge in [0.15, 0.2) is 16.8 Å². The lowest BCUT2D eigenvalue weighted by atomic mass is 10.1. The molecule has 0 aliphatic heterocycles. The Morgan fingerprint density at radius 2 is 1.90 bits per heavy atom. The summed E-state index contributed by atoms with van der Waals surface area (Å²) in [5.41, 5.74) is -0.175. The van der Waals surface area contributed by atoms with Gasteiger partial charge < -0.3 is 4.52 Å². The summed E-state index contributed by atoms with van der Waals surface area (Å²) in [4.78, 5) is 4.12. The van der Waals surface area contributed by atoms with Gasteiger partial charge >= 0.3 is 6.18 Å². The van der Waals surface area contributed by atoms with Crippen molar-refractivity contribution < 1.29 is 17.7 Å². The van der Waals surface area contributed by atoms with Crippen molar-refractivity contribution in [3.63, 3.8) is 0 Å². The van der Waals surface area contributed by atoms with Gasteiger partial charge in [0.1, 0.15) is 0 Å². The first-order valence-corrected chi connectivity index (χ1v) is 10.5. The Kier molecular flexibility index (Phi) is 5.96. The fourth-order valence-corrected chi connectivity index (χ4v) is 4.01. The van der Waals surface area contributed by atoms with Gasteiger partial charge in [-0.25, -0.2) is 0 Å². The Morgan fingerprint density at radius 3 is 2.58 bits per heavy atom. The maximum absolute atomic E-state index is 13.4. The fraction of sp³-hybridized carbons (Fsp3) is 0.158. The van der Waals surface area contributed by atoms with E-state index in [1.54, 1.807) is 31.2 Å². The smallest absolute Gasteiger partial charge is 0.338 e. The van der Waals surface area contributed by atoms with Crippen LogP contribution < -0.4 is 0 Å². The molecule has 0 atom stereocenters. The number of alkyl halides is 3. The van der Waals surface area contributed by atoms with Crippen LogP contribution in [-0.4, -0.2) is 24.9 Å². The second-order valence-electron chi connectivity index (χ2n) is 6.34. The number of rotatable bonds is 5. The molecule has 0 amide bonds. The first kappa shape index (κ1) is 21.7. The van der Waals surface area contributed by atoms with Crippen LogP contribution in [0, 0.1) is 6.92 Å². The number of aryl methyl sites for hydroxylation is 1. The maximum Gasteiger partial charge on any atom is 0.417 e. The Bertz CT molecular complexity index is 1240. The van der Waals surface area contributed by atoms with Gasteiger partial charge in [0, 0.05) is 10.6 Å². The number of hydrogen-bond acceptors (Lipinski definition) is 6. The normalized spacial score (nSPS) is 11.8. The third kappa shape index (κ3) is 4.70. The molecular weight excluding hydrogens is 474 g/mol. The molecule has 12 heteroatoms. The van der Waals surface area contributed by atoms with Crippen LogP contribution in [0.15, 0.2) is 52.1 Å². The van der Waals surface area contributed by atoms with Crippen LogP contribution in [0.5, 0.6) is 0 Å². The summed E-state index contributed by atoms with van der Waals surface area (Å²) in [6, 6.07) is 10.4. The van der Waals surface area contributed by atoms with Crippen molar-refractivity contribution in [2.75, 3.05) is 0 Å². The van der Waals surface area contributed by atoms with E-state index in [1.165, 1.54) is 28.5 Å². The second kappa shape index (κ2) is 8.52. The molecule has 0 N–H and O–H groups in total. The SMILES string of the molecule is Cc1noc(CSc2nnc(-c3cccc(Cl)c3)n2-c2ccc(Cl)c(C(F)(F)F)c2)n1. The number of halogens is 5. The molecule has 0 aliphatic rings. The van der Waals surface area contributed by atoms with E-state index in [4.69, 9.17) is 27.7 Å². The zero-order chi connectivity index (χ0) is 22.2. The van der Waals surface area contributed by atoms with Gasteiger partial charge in [0.25, 0.3) is 0 Å². The minimum atomic E-state index is -4.62. The van der Waals surface area contributed by atoms with Crippen molar-refractivity contribution in [3.8, 4) is 17.1 Å². The van der Waals surface area contributed by atoms with Crippen LogP contribution in [0.2, 0.25) is 10.0 Å². The first-order valence-electron chi connectivity index (χ1n) is 8.73. The summed E-state index contributed by atoms with van der Waals surface area (Å²) in [6.07, 6.45) is -4.62. The maximum atomic E-state index is 13.4. The quantitative estimate of drug-likeness (QED) is 0.311. The summed E-state index contributed by atoms with van der Waals surface area (Å²) in [7, 11) is 0. The summed E-state index contributed by atoms with van der Waals surface area (Å²) >= 11 is 13.1. The van der Waals surface area contributed by atoms with Crippen LogP contribution in [0.4, 0.5) is 13.2 Å². The number of nitrogens with zero attached hydrogens (tertiary/aromatic N) is 5. The monoisotopic (exact) mass is 485 g/mol. The molecule has 0 unspecified atom stereocenters. The third-order valence-electron chi connectivity index (χ3n) is 4.12. The molecule has 2 aromatic carbocycles. The van der Waals surface area contributed by atoms with Gasteiger partial charge in [-0.3, -0.25) is 4.57 Å². The molecule has 0 saturated heterocycles. The largest absolute Gasteiger partial charge is 0.417 e. The lowest BCUT2D eigenvalue weighted by Crippen LogP contribution is -2.08. The van der Waals surface area contributed by atoms with Gasteiger partial charge in [0.2, 0.25) is 5.89 Å². The zero-order valence-electron chi connectivity index (χ0n) is 15.7. The molecule has 0 fully saturated rings. The van der Waals surface area contributed by atoms with E-state index in [0.717, 1.165) is 6.07 Å². The van der Waals surface area contributed by atoms with Gasteiger partial charge in [-0.15, -0.1) is 10.2 Å². The summed E-state index contributed by atoms with van der Waals surface area (Å²) in [5, 5.41) is 12.5. The van der Waals surface area contributed by atoms with Gasteiger partial charge in [0.05, 0.1) is 22.0 Å². The van der Waals surface area contributed by atoms with Crippen LogP contribution in [-0.2, 0) is 11.9 Å². The third-order valence-corrected chi connectivity index (χ3v) is 5.60. The van der Waals surface area contributed by atoms with E-state index in [1.807, 2.05) is 0 Å². The Labute approximate surface area is 188 Å². The number of thioether (sulfide) groups is 1. The van der Waals surface area contributed by atoms with E-state index in [-0.39, 0.29) is 11.4 Å². The van der Waals surface area contributed by atoms with Gasteiger partial charge in [-0.05, 0) is 37.3 Å². The topological polar surface area (TPSA) is 69.6 Å². The predicted molar refractivity (Wildman–Crippen MR) is 110 cm³/mol. The molecule has 0 spiro atoms. The highest BCUT2D eigenvalue weighted by molar-refractivity contribution is 7.98. The first-order chi connectivity index (χ1) is 14.7. The molecule has 0 saturated carbocycles. The van der Waals surface area contributed by atoms with E-state index in [2.05, 4.69) is 20.3 Å².